The van der Waals surface area contributed by atoms with E-state index in [-0.39, 0.29) is 22.9 Å². The van der Waals surface area contributed by atoms with Crippen molar-refractivity contribution in [2.45, 2.75) is 6.92 Å². The van der Waals surface area contributed by atoms with Crippen LogP contribution >= 0.6 is 0 Å². The summed E-state index contributed by atoms with van der Waals surface area (Å²) in [5, 5.41) is 4.38. The zero-order valence-electron chi connectivity index (χ0n) is 12.7. The number of anilines is 2. The highest BCUT2D eigenvalue weighted by Crippen LogP contribution is 2.32. The second-order valence-electron chi connectivity index (χ2n) is 5.29. The van der Waals surface area contributed by atoms with E-state index in [0.717, 1.165) is 0 Å². The van der Waals surface area contributed by atoms with E-state index in [4.69, 9.17) is 15.9 Å². The van der Waals surface area contributed by atoms with Gasteiger partial charge in [0.05, 0.1) is 0 Å². The number of nitrogens with zero attached hydrogens (tertiary/aromatic N) is 4. The Morgan fingerprint density at radius 2 is 1.88 bits per heavy atom. The predicted octanol–water partition coefficient (Wildman–Crippen LogP) is 2.66. The number of aromatic nitrogens is 4. The van der Waals surface area contributed by atoms with E-state index in [2.05, 4.69) is 15.1 Å². The molecule has 120 valence electrons. The van der Waals surface area contributed by atoms with Crippen LogP contribution in [0.25, 0.3) is 28.5 Å². The molecule has 4 aromatic rings. The molecule has 4 N–H and O–H groups in total. The van der Waals surface area contributed by atoms with E-state index >= 15 is 0 Å². The number of fused-ring (bicyclic) bond motifs is 1. The lowest BCUT2D eigenvalue weighted by Gasteiger charge is -2.01. The Hall–Kier alpha value is -3.42. The van der Waals surface area contributed by atoms with Crippen molar-refractivity contribution in [2.75, 3.05) is 11.5 Å². The highest BCUT2D eigenvalue weighted by Gasteiger charge is 2.21. The summed E-state index contributed by atoms with van der Waals surface area (Å²) in [6, 6.07) is 9.79. The molecular formula is C16H13FN6O. The zero-order valence-corrected chi connectivity index (χ0v) is 12.7. The molecule has 0 bridgehead atoms. The monoisotopic (exact) mass is 324 g/mol. The molecule has 0 saturated heterocycles. The van der Waals surface area contributed by atoms with Crippen LogP contribution in [-0.2, 0) is 0 Å². The minimum absolute atomic E-state index is 0.0261. The summed E-state index contributed by atoms with van der Waals surface area (Å²) in [6.07, 6.45) is 0. The lowest BCUT2D eigenvalue weighted by molar-refractivity contribution is 0.541. The van der Waals surface area contributed by atoms with Gasteiger partial charge in [-0.2, -0.15) is 19.6 Å². The fourth-order valence-electron chi connectivity index (χ4n) is 2.53. The Morgan fingerprint density at radius 3 is 2.58 bits per heavy atom. The Labute approximate surface area is 135 Å². The van der Waals surface area contributed by atoms with Crippen LogP contribution in [-0.4, -0.2) is 19.6 Å². The number of aryl methyl sites for hydroxylation is 1. The molecule has 0 unspecified atom stereocenters. The number of hydrogen-bond donors (Lipinski definition) is 2. The summed E-state index contributed by atoms with van der Waals surface area (Å²) in [4.78, 5) is 8.30. The number of benzene rings is 1. The molecule has 0 radical (unpaired) electrons. The summed E-state index contributed by atoms with van der Waals surface area (Å²) in [5.41, 5.74) is 13.0. The van der Waals surface area contributed by atoms with Crippen molar-refractivity contribution in [3.05, 3.63) is 48.0 Å². The smallest absolute Gasteiger partial charge is 0.224 e. The number of nitrogens with two attached hydrogens (primary N) is 2. The van der Waals surface area contributed by atoms with Crippen LogP contribution < -0.4 is 11.5 Å². The van der Waals surface area contributed by atoms with Gasteiger partial charge in [0.2, 0.25) is 11.8 Å². The van der Waals surface area contributed by atoms with Crippen LogP contribution in [0.5, 0.6) is 0 Å². The maximum Gasteiger partial charge on any atom is 0.224 e. The standard InChI is InChI=1S/C16H13FN6O/c1-8-6-7-11(24-8)14-20-16(19)21-15-12(18)13(22-23(14)15)9-4-2-3-5-10(9)17/h2-7H,18H2,1H3,(H2,19,21). The zero-order chi connectivity index (χ0) is 16.8. The van der Waals surface area contributed by atoms with Gasteiger partial charge >= 0.3 is 0 Å². The lowest BCUT2D eigenvalue weighted by Crippen LogP contribution is -2.04. The number of rotatable bonds is 2. The first-order valence-electron chi connectivity index (χ1n) is 7.18. The first-order valence-corrected chi connectivity index (χ1v) is 7.18. The minimum atomic E-state index is -0.427. The Bertz CT molecular complexity index is 1070. The Balaban J connectivity index is 2.03. The summed E-state index contributed by atoms with van der Waals surface area (Å²) >= 11 is 0. The number of nitrogen functional groups attached to an aromatic ring is 2. The largest absolute Gasteiger partial charge is 0.458 e. The average Bonchev–Trinajstić information content (AvgIpc) is 3.12. The molecule has 24 heavy (non-hydrogen) atoms. The maximum absolute atomic E-state index is 14.1. The fraction of sp³-hybridized carbons (Fsp3) is 0.0625. The van der Waals surface area contributed by atoms with Gasteiger partial charge in [-0.15, -0.1) is 0 Å². The number of furan rings is 1. The molecule has 0 atom stereocenters. The first-order chi connectivity index (χ1) is 11.5. The van der Waals surface area contributed by atoms with Gasteiger partial charge in [0.15, 0.2) is 11.4 Å². The van der Waals surface area contributed by atoms with Crippen molar-refractivity contribution >= 4 is 17.3 Å². The lowest BCUT2D eigenvalue weighted by atomic mass is 10.1. The number of halogens is 1. The predicted molar refractivity (Wildman–Crippen MR) is 87.4 cm³/mol. The third kappa shape index (κ3) is 2.08. The van der Waals surface area contributed by atoms with Gasteiger partial charge in [0.1, 0.15) is 23.0 Å². The van der Waals surface area contributed by atoms with Crippen molar-refractivity contribution in [2.24, 2.45) is 0 Å². The molecule has 0 aliphatic rings. The fourth-order valence-corrected chi connectivity index (χ4v) is 2.53. The molecule has 4 rings (SSSR count). The summed E-state index contributed by atoms with van der Waals surface area (Å²) in [7, 11) is 0. The third-order valence-electron chi connectivity index (χ3n) is 3.63. The molecule has 3 aromatic heterocycles. The second kappa shape index (κ2) is 5.05. The third-order valence-corrected chi connectivity index (χ3v) is 3.63. The summed E-state index contributed by atoms with van der Waals surface area (Å²) in [6.45, 7) is 1.81. The molecule has 1 aromatic carbocycles. The molecule has 0 spiro atoms. The van der Waals surface area contributed by atoms with Crippen LogP contribution in [0.2, 0.25) is 0 Å². The SMILES string of the molecule is Cc1ccc(-c2nc(N)nc3c(N)c(-c4ccccc4F)nn23)o1. The van der Waals surface area contributed by atoms with Gasteiger partial charge in [-0.25, -0.2) is 4.39 Å². The van der Waals surface area contributed by atoms with Gasteiger partial charge in [-0.1, -0.05) is 12.1 Å². The van der Waals surface area contributed by atoms with E-state index in [1.54, 1.807) is 30.3 Å². The van der Waals surface area contributed by atoms with E-state index in [0.29, 0.717) is 23.0 Å². The Morgan fingerprint density at radius 1 is 1.08 bits per heavy atom. The molecule has 0 amide bonds. The van der Waals surface area contributed by atoms with Gasteiger partial charge in [0.25, 0.3) is 0 Å². The van der Waals surface area contributed by atoms with E-state index < -0.39 is 5.82 Å². The highest BCUT2D eigenvalue weighted by molar-refractivity contribution is 5.84. The van der Waals surface area contributed by atoms with Crippen LogP contribution in [0.4, 0.5) is 16.0 Å². The molecule has 3 heterocycles. The molecular weight excluding hydrogens is 311 g/mol. The van der Waals surface area contributed by atoms with E-state index in [1.165, 1.54) is 10.6 Å². The minimum Gasteiger partial charge on any atom is -0.458 e. The quantitative estimate of drug-likeness (QED) is 0.587. The molecule has 0 saturated carbocycles. The van der Waals surface area contributed by atoms with Crippen molar-refractivity contribution in [1.82, 2.24) is 19.6 Å². The van der Waals surface area contributed by atoms with Gasteiger partial charge in [0, 0.05) is 5.56 Å². The van der Waals surface area contributed by atoms with Crippen molar-refractivity contribution in [3.63, 3.8) is 0 Å². The van der Waals surface area contributed by atoms with Gasteiger partial charge in [-0.05, 0) is 31.2 Å². The van der Waals surface area contributed by atoms with Crippen LogP contribution in [0.1, 0.15) is 5.76 Å². The van der Waals surface area contributed by atoms with Crippen LogP contribution in [0.3, 0.4) is 0 Å². The second-order valence-corrected chi connectivity index (χ2v) is 5.29. The molecule has 7 nitrogen and oxygen atoms in total. The summed E-state index contributed by atoms with van der Waals surface area (Å²) in [5.74, 6) is 1.13. The topological polar surface area (TPSA) is 108 Å². The van der Waals surface area contributed by atoms with Crippen molar-refractivity contribution in [3.8, 4) is 22.8 Å². The molecule has 8 heteroatoms. The average molecular weight is 324 g/mol. The van der Waals surface area contributed by atoms with Gasteiger partial charge in [-0.3, -0.25) is 0 Å². The first kappa shape index (κ1) is 14.2. The van der Waals surface area contributed by atoms with Crippen molar-refractivity contribution < 1.29 is 8.81 Å². The van der Waals surface area contributed by atoms with Gasteiger partial charge < -0.3 is 15.9 Å². The Kier molecular flexibility index (Phi) is 2.99. The molecule has 0 aliphatic heterocycles. The highest BCUT2D eigenvalue weighted by atomic mass is 19.1. The maximum atomic E-state index is 14.1. The molecule has 0 aliphatic carbocycles. The van der Waals surface area contributed by atoms with Crippen LogP contribution in [0, 0.1) is 12.7 Å². The summed E-state index contributed by atoms with van der Waals surface area (Å²) < 4.78 is 21.1. The normalized spacial score (nSPS) is 11.2. The van der Waals surface area contributed by atoms with E-state index in [1.807, 2.05) is 6.92 Å². The molecule has 0 fully saturated rings. The van der Waals surface area contributed by atoms with Crippen molar-refractivity contribution in [1.29, 1.82) is 0 Å². The van der Waals surface area contributed by atoms with Crippen LogP contribution in [0.15, 0.2) is 40.8 Å². The number of hydrogen-bond acceptors (Lipinski definition) is 6. The van der Waals surface area contributed by atoms with E-state index in [9.17, 15) is 4.39 Å².